The molecule has 2 aromatic carbocycles. The molecule has 30 heavy (non-hydrogen) atoms. The molecule has 0 spiro atoms. The van der Waals surface area contributed by atoms with Crippen molar-refractivity contribution in [3.63, 3.8) is 0 Å². The number of hydrogen-bond donors (Lipinski definition) is 2. The Labute approximate surface area is 196 Å². The van der Waals surface area contributed by atoms with Gasteiger partial charge in [-0.3, -0.25) is 4.99 Å². The second kappa shape index (κ2) is 13.3. The Hall–Kier alpha value is -2.00. The van der Waals surface area contributed by atoms with Crippen molar-refractivity contribution in [1.29, 1.82) is 0 Å². The topological polar surface area (TPSA) is 64.1 Å². The van der Waals surface area contributed by atoms with Crippen molar-refractivity contribution >= 4 is 29.9 Å². The zero-order valence-electron chi connectivity index (χ0n) is 17.7. The zero-order chi connectivity index (χ0) is 20.3. The first kappa shape index (κ1) is 24.3. The predicted octanol–water partition coefficient (Wildman–Crippen LogP) is 4.02. The Morgan fingerprint density at radius 1 is 1.07 bits per heavy atom. The van der Waals surface area contributed by atoms with Crippen molar-refractivity contribution in [3.8, 4) is 11.5 Å². The highest BCUT2D eigenvalue weighted by atomic mass is 127. The summed E-state index contributed by atoms with van der Waals surface area (Å²) in [7, 11) is 1.65. The van der Waals surface area contributed by atoms with Crippen LogP contribution in [0.3, 0.4) is 0 Å². The van der Waals surface area contributed by atoms with Crippen molar-refractivity contribution < 1.29 is 14.2 Å². The van der Waals surface area contributed by atoms with E-state index in [1.54, 1.807) is 7.11 Å². The number of rotatable bonds is 9. The number of hydrogen-bond acceptors (Lipinski definition) is 4. The Morgan fingerprint density at radius 2 is 1.80 bits per heavy atom. The maximum atomic E-state index is 5.97. The Bertz CT molecular complexity index is 756. The molecular weight excluding hydrogens is 493 g/mol. The molecule has 0 aliphatic carbocycles. The van der Waals surface area contributed by atoms with Crippen molar-refractivity contribution in [2.24, 2.45) is 10.9 Å². The van der Waals surface area contributed by atoms with Gasteiger partial charge in [0, 0.05) is 25.6 Å². The van der Waals surface area contributed by atoms with Crippen LogP contribution >= 0.6 is 24.0 Å². The maximum absolute atomic E-state index is 5.97. The van der Waals surface area contributed by atoms with Crippen molar-refractivity contribution in [2.45, 2.75) is 19.4 Å². The summed E-state index contributed by atoms with van der Waals surface area (Å²) in [6, 6.07) is 18.0. The number of guanidine groups is 1. The third kappa shape index (κ3) is 7.36. The van der Waals surface area contributed by atoms with E-state index in [2.05, 4.69) is 41.8 Å². The standard InChI is InChI=1S/C23H31N3O3.HI/c1-3-24-23(25-14-16-28-21-11-9-20(27-2)10-12-21)26-17-19-13-15-29-22(19)18-7-5-4-6-8-18;/h4-12,19,22H,3,13-17H2,1-2H3,(H2,24,25,26);1H. The van der Waals surface area contributed by atoms with Gasteiger partial charge in [0.2, 0.25) is 0 Å². The highest BCUT2D eigenvalue weighted by Gasteiger charge is 2.29. The summed E-state index contributed by atoms with van der Waals surface area (Å²) in [6.07, 6.45) is 1.16. The molecule has 1 aliphatic rings. The zero-order valence-corrected chi connectivity index (χ0v) is 20.0. The van der Waals surface area contributed by atoms with Gasteiger partial charge in [0.05, 0.1) is 19.8 Å². The Morgan fingerprint density at radius 3 is 2.50 bits per heavy atom. The van der Waals surface area contributed by atoms with E-state index in [1.165, 1.54) is 5.56 Å². The van der Waals surface area contributed by atoms with Crippen LogP contribution in [0.1, 0.15) is 25.0 Å². The van der Waals surface area contributed by atoms with E-state index < -0.39 is 0 Å². The van der Waals surface area contributed by atoms with Crippen LogP contribution < -0.4 is 20.1 Å². The first-order valence-electron chi connectivity index (χ1n) is 10.3. The Kier molecular flexibility index (Phi) is 10.8. The first-order valence-corrected chi connectivity index (χ1v) is 10.3. The third-order valence-electron chi connectivity index (χ3n) is 4.89. The number of nitrogens with zero attached hydrogens (tertiary/aromatic N) is 1. The summed E-state index contributed by atoms with van der Waals surface area (Å²) in [5, 5.41) is 6.64. The number of nitrogens with one attached hydrogen (secondary N) is 2. The van der Waals surface area contributed by atoms with Crippen LogP contribution in [0.2, 0.25) is 0 Å². The molecule has 0 bridgehead atoms. The van der Waals surface area contributed by atoms with Crippen molar-refractivity contribution in [2.75, 3.05) is 40.0 Å². The van der Waals surface area contributed by atoms with Crippen LogP contribution in [0.15, 0.2) is 59.6 Å². The molecule has 1 saturated heterocycles. The molecule has 0 amide bonds. The van der Waals surface area contributed by atoms with Crippen LogP contribution in [-0.2, 0) is 4.74 Å². The molecule has 2 atom stereocenters. The van der Waals surface area contributed by atoms with E-state index in [-0.39, 0.29) is 30.1 Å². The summed E-state index contributed by atoms with van der Waals surface area (Å²) in [6.45, 7) is 5.62. The predicted molar refractivity (Wildman–Crippen MR) is 131 cm³/mol. The number of methoxy groups -OCH3 is 1. The summed E-state index contributed by atoms with van der Waals surface area (Å²) >= 11 is 0. The molecule has 6 nitrogen and oxygen atoms in total. The fraction of sp³-hybridized carbons (Fsp3) is 0.435. The fourth-order valence-electron chi connectivity index (χ4n) is 3.39. The van der Waals surface area contributed by atoms with E-state index >= 15 is 0 Å². The minimum absolute atomic E-state index is 0. The molecule has 164 valence electrons. The quantitative estimate of drug-likeness (QED) is 0.224. The molecule has 1 heterocycles. The first-order chi connectivity index (χ1) is 14.3. The lowest BCUT2D eigenvalue weighted by Gasteiger charge is -2.18. The van der Waals surface area contributed by atoms with Gasteiger partial charge in [0.25, 0.3) is 0 Å². The second-order valence-corrected chi connectivity index (χ2v) is 6.92. The van der Waals surface area contributed by atoms with E-state index in [1.807, 2.05) is 30.3 Å². The maximum Gasteiger partial charge on any atom is 0.191 e. The smallest absolute Gasteiger partial charge is 0.191 e. The molecule has 0 aromatic heterocycles. The normalized spacial score (nSPS) is 18.4. The van der Waals surface area contributed by atoms with Crippen molar-refractivity contribution in [1.82, 2.24) is 10.6 Å². The number of ether oxygens (including phenoxy) is 3. The molecule has 0 saturated carbocycles. The van der Waals surface area contributed by atoms with Crippen molar-refractivity contribution in [3.05, 3.63) is 60.2 Å². The molecular formula is C23H32IN3O3. The Balaban J connectivity index is 0.00000320. The molecule has 1 fully saturated rings. The van der Waals surface area contributed by atoms with Crippen LogP contribution in [0.5, 0.6) is 11.5 Å². The second-order valence-electron chi connectivity index (χ2n) is 6.92. The monoisotopic (exact) mass is 525 g/mol. The minimum atomic E-state index is 0. The molecule has 2 unspecified atom stereocenters. The van der Waals surface area contributed by atoms with Crippen LogP contribution in [0, 0.1) is 5.92 Å². The van der Waals surface area contributed by atoms with Crippen LogP contribution in [-0.4, -0.2) is 45.9 Å². The van der Waals surface area contributed by atoms with E-state index in [0.29, 0.717) is 19.1 Å². The summed E-state index contributed by atoms with van der Waals surface area (Å²) in [5.41, 5.74) is 1.23. The van der Waals surface area contributed by atoms with Gasteiger partial charge in [-0.1, -0.05) is 30.3 Å². The minimum Gasteiger partial charge on any atom is -0.497 e. The van der Waals surface area contributed by atoms with Gasteiger partial charge in [-0.2, -0.15) is 0 Å². The van der Waals surface area contributed by atoms with Gasteiger partial charge >= 0.3 is 0 Å². The molecule has 2 N–H and O–H groups in total. The summed E-state index contributed by atoms with van der Waals surface area (Å²) < 4.78 is 16.9. The van der Waals surface area contributed by atoms with Gasteiger partial charge in [-0.05, 0) is 43.2 Å². The molecule has 1 aliphatic heterocycles. The molecule has 3 rings (SSSR count). The van der Waals surface area contributed by atoms with Gasteiger partial charge in [-0.15, -0.1) is 24.0 Å². The lowest BCUT2D eigenvalue weighted by molar-refractivity contribution is 0.0925. The van der Waals surface area contributed by atoms with E-state index in [0.717, 1.165) is 43.6 Å². The summed E-state index contributed by atoms with van der Waals surface area (Å²) in [4.78, 5) is 4.78. The highest BCUT2D eigenvalue weighted by Crippen LogP contribution is 2.34. The third-order valence-corrected chi connectivity index (χ3v) is 4.89. The fourth-order valence-corrected chi connectivity index (χ4v) is 3.39. The number of halogens is 1. The lowest BCUT2D eigenvalue weighted by Crippen LogP contribution is -2.39. The SMILES string of the molecule is CCNC(=NCC1CCOC1c1ccccc1)NCCOc1ccc(OC)cc1.I. The average Bonchev–Trinajstić information content (AvgIpc) is 3.24. The average molecular weight is 525 g/mol. The van der Waals surface area contributed by atoms with Crippen LogP contribution in [0.25, 0.3) is 0 Å². The van der Waals surface area contributed by atoms with E-state index in [9.17, 15) is 0 Å². The molecule has 0 radical (unpaired) electrons. The molecule has 7 heteroatoms. The largest absolute Gasteiger partial charge is 0.497 e. The van der Waals surface area contributed by atoms with Gasteiger partial charge in [-0.25, -0.2) is 0 Å². The van der Waals surface area contributed by atoms with Crippen LogP contribution in [0.4, 0.5) is 0 Å². The number of aliphatic imine (C=N–C) groups is 1. The van der Waals surface area contributed by atoms with Gasteiger partial charge in [0.15, 0.2) is 5.96 Å². The van der Waals surface area contributed by atoms with Gasteiger partial charge < -0.3 is 24.8 Å². The summed E-state index contributed by atoms with van der Waals surface area (Å²) in [5.74, 6) is 2.85. The van der Waals surface area contributed by atoms with E-state index in [4.69, 9.17) is 19.2 Å². The van der Waals surface area contributed by atoms with Gasteiger partial charge in [0.1, 0.15) is 18.1 Å². The molecule has 2 aromatic rings. The lowest BCUT2D eigenvalue weighted by atomic mass is 9.95. The highest BCUT2D eigenvalue weighted by molar-refractivity contribution is 14.0. The number of benzene rings is 2.